The van der Waals surface area contributed by atoms with Crippen LogP contribution in [0, 0.1) is 0 Å². The van der Waals surface area contributed by atoms with E-state index in [1.165, 1.54) is 6.07 Å². The summed E-state index contributed by atoms with van der Waals surface area (Å²) in [4.78, 5) is 22.2. The van der Waals surface area contributed by atoms with E-state index >= 15 is 0 Å². The van der Waals surface area contributed by atoms with Crippen LogP contribution in [0.4, 0.5) is 8.78 Å². The lowest BCUT2D eigenvalue weighted by molar-refractivity contribution is -0.141. The van der Waals surface area contributed by atoms with E-state index < -0.39 is 38.7 Å². The number of alkyl halides is 2. The minimum absolute atomic E-state index is 0.103. The number of carbonyl (C=O) groups excluding carboxylic acids is 2. The van der Waals surface area contributed by atoms with Crippen molar-refractivity contribution in [2.24, 2.45) is 0 Å². The highest BCUT2D eigenvalue weighted by atomic mass is 32.2. The number of halogens is 2. The fourth-order valence-electron chi connectivity index (χ4n) is 1.39. The quantitative estimate of drug-likeness (QED) is 0.455. The van der Waals surface area contributed by atoms with E-state index in [4.69, 9.17) is 0 Å². The molecule has 0 fully saturated rings. The summed E-state index contributed by atoms with van der Waals surface area (Å²) in [5.74, 6) is -5.03. The Balaban J connectivity index is 3.00. The third-order valence-electron chi connectivity index (χ3n) is 2.33. The van der Waals surface area contributed by atoms with Gasteiger partial charge in [-0.05, 0) is 19.1 Å². The Kier molecular flexibility index (Phi) is 5.32. The van der Waals surface area contributed by atoms with E-state index in [1.807, 2.05) is 0 Å². The van der Waals surface area contributed by atoms with E-state index in [1.54, 1.807) is 6.92 Å². The largest absolute Gasteiger partial charge is 0.466 e. The number of hydrogen-bond acceptors (Lipinski definition) is 5. The number of carbonyl (C=O) groups is 2. The lowest BCUT2D eigenvalue weighted by Gasteiger charge is -2.05. The second-order valence-electron chi connectivity index (χ2n) is 3.74. The van der Waals surface area contributed by atoms with Crippen LogP contribution in [0.25, 0.3) is 0 Å². The monoisotopic (exact) mass is 306 g/mol. The molecule has 1 rings (SSSR count). The Morgan fingerprint density at radius 2 is 1.95 bits per heavy atom. The van der Waals surface area contributed by atoms with Crippen LogP contribution in [-0.4, -0.2) is 32.5 Å². The van der Waals surface area contributed by atoms with Gasteiger partial charge < -0.3 is 4.74 Å². The van der Waals surface area contributed by atoms with Gasteiger partial charge in [0.15, 0.2) is 5.78 Å². The van der Waals surface area contributed by atoms with Crippen molar-refractivity contribution in [2.75, 3.05) is 6.61 Å². The number of sulfone groups is 1. The number of benzene rings is 1. The van der Waals surface area contributed by atoms with Crippen molar-refractivity contribution < 1.29 is 31.5 Å². The molecule has 5 nitrogen and oxygen atoms in total. The molecule has 0 spiro atoms. The van der Waals surface area contributed by atoms with Crippen LogP contribution in [0.1, 0.15) is 23.7 Å². The van der Waals surface area contributed by atoms with E-state index in [0.29, 0.717) is 0 Å². The lowest BCUT2D eigenvalue weighted by Crippen LogP contribution is -2.14. The van der Waals surface area contributed by atoms with E-state index in [2.05, 4.69) is 4.74 Å². The molecule has 0 aliphatic rings. The number of hydrogen-bond donors (Lipinski definition) is 0. The summed E-state index contributed by atoms with van der Waals surface area (Å²) in [6.45, 7) is 1.67. The maximum atomic E-state index is 12.4. The molecule has 1 aromatic rings. The zero-order chi connectivity index (χ0) is 15.3. The summed E-state index contributed by atoms with van der Waals surface area (Å²) in [5.41, 5.74) is -0.139. The van der Waals surface area contributed by atoms with Crippen LogP contribution in [-0.2, 0) is 19.4 Å². The topological polar surface area (TPSA) is 77.5 Å². The standard InChI is InChI=1S/C12H12F2O5S/c1-2-19-11(16)7-10(15)8-4-3-5-9(6-8)20(17,18)12(13)14/h3-6,12H,2,7H2,1H3. The third kappa shape index (κ3) is 3.83. The summed E-state index contributed by atoms with van der Waals surface area (Å²) < 4.78 is 51.9. The summed E-state index contributed by atoms with van der Waals surface area (Å²) in [5, 5.41) is 0. The van der Waals surface area contributed by atoms with Gasteiger partial charge in [0, 0.05) is 5.56 Å². The second kappa shape index (κ2) is 6.56. The third-order valence-corrected chi connectivity index (χ3v) is 3.71. The van der Waals surface area contributed by atoms with Gasteiger partial charge in [0.1, 0.15) is 6.42 Å². The van der Waals surface area contributed by atoms with Crippen LogP contribution in [0.15, 0.2) is 29.2 Å². The van der Waals surface area contributed by atoms with Gasteiger partial charge in [-0.15, -0.1) is 0 Å². The maximum absolute atomic E-state index is 12.4. The van der Waals surface area contributed by atoms with E-state index in [0.717, 1.165) is 18.2 Å². The average molecular weight is 306 g/mol. The Labute approximate surface area is 114 Å². The molecule has 0 aromatic heterocycles. The van der Waals surface area contributed by atoms with Crippen molar-refractivity contribution in [2.45, 2.75) is 24.0 Å². The first-order chi connectivity index (χ1) is 9.28. The van der Waals surface area contributed by atoms with Crippen LogP contribution in [0.5, 0.6) is 0 Å². The van der Waals surface area contributed by atoms with Gasteiger partial charge in [0.2, 0.25) is 9.84 Å². The molecule has 0 aliphatic heterocycles. The highest BCUT2D eigenvalue weighted by molar-refractivity contribution is 7.91. The number of ether oxygens (including phenoxy) is 1. The molecular formula is C12H12F2O5S. The maximum Gasteiger partial charge on any atom is 0.341 e. The molecule has 0 unspecified atom stereocenters. The molecule has 0 heterocycles. The summed E-state index contributed by atoms with van der Waals surface area (Å²) in [6.07, 6.45) is -0.577. The molecule has 20 heavy (non-hydrogen) atoms. The molecule has 0 amide bonds. The highest BCUT2D eigenvalue weighted by Crippen LogP contribution is 2.19. The van der Waals surface area contributed by atoms with Gasteiger partial charge in [0.25, 0.3) is 0 Å². The minimum Gasteiger partial charge on any atom is -0.466 e. The predicted octanol–water partition coefficient (Wildman–Crippen LogP) is 1.82. The predicted molar refractivity (Wildman–Crippen MR) is 65.2 cm³/mol. The van der Waals surface area contributed by atoms with Crippen molar-refractivity contribution in [3.05, 3.63) is 29.8 Å². The Hall–Kier alpha value is -1.83. The van der Waals surface area contributed by atoms with Crippen molar-refractivity contribution in [1.29, 1.82) is 0 Å². The Bertz CT molecular complexity index is 610. The molecule has 0 saturated carbocycles. The highest BCUT2D eigenvalue weighted by Gasteiger charge is 2.27. The molecular weight excluding hydrogens is 294 g/mol. The van der Waals surface area contributed by atoms with Crippen molar-refractivity contribution in [3.63, 3.8) is 0 Å². The lowest BCUT2D eigenvalue weighted by atomic mass is 10.1. The first-order valence-corrected chi connectivity index (χ1v) is 7.14. The number of ketones is 1. The zero-order valence-electron chi connectivity index (χ0n) is 10.5. The van der Waals surface area contributed by atoms with Crippen molar-refractivity contribution >= 4 is 21.6 Å². The van der Waals surface area contributed by atoms with Crippen LogP contribution in [0.3, 0.4) is 0 Å². The molecule has 1 aromatic carbocycles. The molecule has 0 bridgehead atoms. The number of esters is 1. The number of Topliss-reactive ketones (excluding diaryl/α,β-unsaturated/α-hetero) is 1. The normalized spacial score (nSPS) is 11.4. The summed E-state index contributed by atoms with van der Waals surface area (Å²) in [7, 11) is -4.77. The summed E-state index contributed by atoms with van der Waals surface area (Å²) in [6, 6.07) is 4.19. The first kappa shape index (κ1) is 16.2. The van der Waals surface area contributed by atoms with E-state index in [9.17, 15) is 26.8 Å². The van der Waals surface area contributed by atoms with Crippen LogP contribution in [0.2, 0.25) is 0 Å². The van der Waals surface area contributed by atoms with Crippen molar-refractivity contribution in [3.8, 4) is 0 Å². The molecule has 0 aliphatic carbocycles. The molecule has 0 N–H and O–H groups in total. The van der Waals surface area contributed by atoms with Gasteiger partial charge in [-0.25, -0.2) is 8.42 Å². The first-order valence-electron chi connectivity index (χ1n) is 5.60. The van der Waals surface area contributed by atoms with Crippen molar-refractivity contribution in [1.82, 2.24) is 0 Å². The average Bonchev–Trinajstić information content (AvgIpc) is 2.38. The van der Waals surface area contributed by atoms with Gasteiger partial charge in [0.05, 0.1) is 11.5 Å². The Morgan fingerprint density at radius 1 is 1.30 bits per heavy atom. The molecule has 0 radical (unpaired) electrons. The fourth-order valence-corrected chi connectivity index (χ4v) is 2.16. The van der Waals surface area contributed by atoms with Gasteiger partial charge in [-0.3, -0.25) is 9.59 Å². The zero-order valence-corrected chi connectivity index (χ0v) is 11.3. The second-order valence-corrected chi connectivity index (χ2v) is 5.66. The van der Waals surface area contributed by atoms with Gasteiger partial charge in [-0.1, -0.05) is 12.1 Å². The van der Waals surface area contributed by atoms with Gasteiger partial charge in [-0.2, -0.15) is 8.78 Å². The molecule has 8 heteroatoms. The molecule has 0 saturated heterocycles. The SMILES string of the molecule is CCOC(=O)CC(=O)c1cccc(S(=O)(=O)C(F)F)c1. The summed E-state index contributed by atoms with van der Waals surface area (Å²) >= 11 is 0. The fraction of sp³-hybridized carbons (Fsp3) is 0.333. The van der Waals surface area contributed by atoms with Crippen LogP contribution >= 0.6 is 0 Å². The molecule has 0 atom stereocenters. The number of rotatable bonds is 6. The van der Waals surface area contributed by atoms with Gasteiger partial charge >= 0.3 is 11.7 Å². The smallest absolute Gasteiger partial charge is 0.341 e. The Morgan fingerprint density at radius 3 is 2.50 bits per heavy atom. The minimum atomic E-state index is -4.77. The van der Waals surface area contributed by atoms with E-state index in [-0.39, 0.29) is 12.2 Å². The molecule has 110 valence electrons. The van der Waals surface area contributed by atoms with Crippen LogP contribution < -0.4 is 0 Å².